The summed E-state index contributed by atoms with van der Waals surface area (Å²) in [5.41, 5.74) is 0. The van der Waals surface area contributed by atoms with Gasteiger partial charge in [0.1, 0.15) is 5.82 Å². The monoisotopic (exact) mass is 254 g/mol. The van der Waals surface area contributed by atoms with E-state index < -0.39 is 0 Å². The Hall–Kier alpha value is -1.13. The molecule has 1 aromatic rings. The molecule has 1 fully saturated rings. The van der Waals surface area contributed by atoms with Gasteiger partial charge < -0.3 is 10.1 Å². The lowest BCUT2D eigenvalue weighted by Crippen LogP contribution is -2.15. The van der Waals surface area contributed by atoms with Crippen LogP contribution in [0.4, 0.5) is 5.82 Å². The summed E-state index contributed by atoms with van der Waals surface area (Å²) in [6.45, 7) is 0.824. The van der Waals surface area contributed by atoms with Crippen LogP contribution in [0.1, 0.15) is 25.7 Å². The lowest BCUT2D eigenvalue weighted by molar-refractivity contribution is -0.116. The van der Waals surface area contributed by atoms with Gasteiger partial charge in [0.15, 0.2) is 0 Å². The van der Waals surface area contributed by atoms with Gasteiger partial charge >= 0.3 is 0 Å². The molecule has 1 saturated heterocycles. The smallest absolute Gasteiger partial charge is 0.225 e. The number of hydrogen-bond acceptors (Lipinski definition) is 3. The molecule has 0 aliphatic carbocycles. The number of nitrogens with zero attached hydrogens (tertiary/aromatic N) is 1. The number of aromatic nitrogens is 1. The molecule has 1 aliphatic heterocycles. The van der Waals surface area contributed by atoms with E-state index in [1.54, 1.807) is 12.1 Å². The van der Waals surface area contributed by atoms with Crippen LogP contribution < -0.4 is 5.32 Å². The van der Waals surface area contributed by atoms with Crippen LogP contribution in [0.25, 0.3) is 0 Å². The van der Waals surface area contributed by atoms with Crippen LogP contribution in [-0.4, -0.2) is 23.6 Å². The zero-order valence-corrected chi connectivity index (χ0v) is 10.2. The number of amides is 1. The van der Waals surface area contributed by atoms with Crippen LogP contribution >= 0.6 is 11.6 Å². The van der Waals surface area contributed by atoms with Crippen LogP contribution in [0.5, 0.6) is 0 Å². The Balaban J connectivity index is 1.74. The summed E-state index contributed by atoms with van der Waals surface area (Å²) in [5.74, 6) is 0.502. The summed E-state index contributed by atoms with van der Waals surface area (Å²) in [6.07, 6.45) is 5.17. The number of nitrogens with one attached hydrogen (secondary N) is 1. The number of ether oxygens (including phenoxy) is 1. The van der Waals surface area contributed by atoms with Crippen LogP contribution in [0.3, 0.4) is 0 Å². The molecular weight excluding hydrogens is 240 g/mol. The van der Waals surface area contributed by atoms with E-state index in [0.717, 1.165) is 25.9 Å². The normalized spacial score (nSPS) is 19.2. The molecule has 2 rings (SSSR count). The van der Waals surface area contributed by atoms with Crippen molar-refractivity contribution in [3.63, 3.8) is 0 Å². The van der Waals surface area contributed by atoms with Crippen LogP contribution in [-0.2, 0) is 9.53 Å². The largest absolute Gasteiger partial charge is 0.378 e. The molecule has 17 heavy (non-hydrogen) atoms. The molecule has 1 amide bonds. The fourth-order valence-electron chi connectivity index (χ4n) is 1.82. The molecule has 1 aromatic heterocycles. The maximum atomic E-state index is 11.6. The van der Waals surface area contributed by atoms with E-state index in [-0.39, 0.29) is 12.0 Å². The molecule has 0 saturated carbocycles. The summed E-state index contributed by atoms with van der Waals surface area (Å²) in [4.78, 5) is 15.6. The number of hydrogen-bond donors (Lipinski definition) is 1. The second-order valence-electron chi connectivity index (χ2n) is 4.08. The highest BCUT2D eigenvalue weighted by atomic mass is 35.5. The molecule has 0 bridgehead atoms. The Labute approximate surface area is 105 Å². The molecule has 1 N–H and O–H groups in total. The predicted octanol–water partition coefficient (Wildman–Crippen LogP) is 2.63. The summed E-state index contributed by atoms with van der Waals surface area (Å²) in [5, 5.41) is 3.29. The molecule has 0 aromatic carbocycles. The molecule has 0 spiro atoms. The van der Waals surface area contributed by atoms with Gasteiger partial charge in [0, 0.05) is 19.2 Å². The van der Waals surface area contributed by atoms with Crippen LogP contribution in [0.2, 0.25) is 5.02 Å². The average Bonchev–Trinajstić information content (AvgIpc) is 2.83. The number of rotatable bonds is 4. The third-order valence-electron chi connectivity index (χ3n) is 2.71. The van der Waals surface area contributed by atoms with E-state index in [0.29, 0.717) is 17.3 Å². The van der Waals surface area contributed by atoms with E-state index in [9.17, 15) is 4.79 Å². The number of pyridine rings is 1. The summed E-state index contributed by atoms with van der Waals surface area (Å²) in [6, 6.07) is 3.39. The number of anilines is 1. The molecule has 0 radical (unpaired) electrons. The molecule has 4 nitrogen and oxygen atoms in total. The SMILES string of the molecule is O=C(CC[C@@H]1CCCO1)Nc1ccc(Cl)cn1. The van der Waals surface area contributed by atoms with E-state index in [1.807, 2.05) is 0 Å². The van der Waals surface area contributed by atoms with Crippen molar-refractivity contribution in [2.24, 2.45) is 0 Å². The van der Waals surface area contributed by atoms with E-state index in [1.165, 1.54) is 6.20 Å². The second-order valence-corrected chi connectivity index (χ2v) is 4.52. The minimum absolute atomic E-state index is 0.0321. The van der Waals surface area contributed by atoms with Gasteiger partial charge in [0.2, 0.25) is 5.91 Å². The summed E-state index contributed by atoms with van der Waals surface area (Å²) in [7, 11) is 0. The third kappa shape index (κ3) is 3.98. The van der Waals surface area contributed by atoms with Crippen molar-refractivity contribution in [1.82, 2.24) is 4.98 Å². The molecule has 1 atom stereocenters. The molecule has 92 valence electrons. The first-order valence-electron chi connectivity index (χ1n) is 5.77. The van der Waals surface area contributed by atoms with E-state index >= 15 is 0 Å². The predicted molar refractivity (Wildman–Crippen MR) is 66.1 cm³/mol. The highest BCUT2D eigenvalue weighted by Gasteiger charge is 2.16. The number of carbonyl (C=O) groups excluding carboxylic acids is 1. The number of halogens is 1. The Morgan fingerprint density at radius 3 is 3.12 bits per heavy atom. The first kappa shape index (κ1) is 12.3. The molecule has 5 heteroatoms. The Bertz CT molecular complexity index is 375. The zero-order chi connectivity index (χ0) is 12.1. The van der Waals surface area contributed by atoms with Crippen molar-refractivity contribution in [2.75, 3.05) is 11.9 Å². The van der Waals surface area contributed by atoms with Crippen LogP contribution in [0.15, 0.2) is 18.3 Å². The quantitative estimate of drug-likeness (QED) is 0.899. The lowest BCUT2D eigenvalue weighted by Gasteiger charge is -2.08. The van der Waals surface area contributed by atoms with Crippen molar-refractivity contribution in [3.05, 3.63) is 23.4 Å². The van der Waals surface area contributed by atoms with E-state index in [4.69, 9.17) is 16.3 Å². The van der Waals surface area contributed by atoms with Gasteiger partial charge in [-0.15, -0.1) is 0 Å². The average molecular weight is 255 g/mol. The maximum absolute atomic E-state index is 11.6. The second kappa shape index (κ2) is 5.98. The van der Waals surface area contributed by atoms with Crippen molar-refractivity contribution in [3.8, 4) is 0 Å². The third-order valence-corrected chi connectivity index (χ3v) is 2.94. The van der Waals surface area contributed by atoms with Gasteiger partial charge in [0.25, 0.3) is 0 Å². The Kier molecular flexibility index (Phi) is 4.34. The molecular formula is C12H15ClN2O2. The fraction of sp³-hybridized carbons (Fsp3) is 0.500. The van der Waals surface area contributed by atoms with Crippen LogP contribution in [0, 0.1) is 0 Å². The van der Waals surface area contributed by atoms with Crippen molar-refractivity contribution >= 4 is 23.3 Å². The molecule has 2 heterocycles. The van der Waals surface area contributed by atoms with E-state index in [2.05, 4.69) is 10.3 Å². The summed E-state index contributed by atoms with van der Waals surface area (Å²) < 4.78 is 5.46. The first-order valence-corrected chi connectivity index (χ1v) is 6.15. The van der Waals surface area contributed by atoms with Crippen molar-refractivity contribution in [1.29, 1.82) is 0 Å². The van der Waals surface area contributed by atoms with Gasteiger partial charge in [-0.3, -0.25) is 4.79 Å². The fourth-order valence-corrected chi connectivity index (χ4v) is 1.93. The Morgan fingerprint density at radius 1 is 1.59 bits per heavy atom. The molecule has 0 unspecified atom stereocenters. The van der Waals surface area contributed by atoms with Gasteiger partial charge in [-0.05, 0) is 31.4 Å². The minimum atomic E-state index is -0.0321. The lowest BCUT2D eigenvalue weighted by atomic mass is 10.1. The maximum Gasteiger partial charge on any atom is 0.225 e. The topological polar surface area (TPSA) is 51.2 Å². The number of carbonyl (C=O) groups is 1. The molecule has 1 aliphatic rings. The van der Waals surface area contributed by atoms with Gasteiger partial charge in [0.05, 0.1) is 11.1 Å². The van der Waals surface area contributed by atoms with Gasteiger partial charge in [-0.25, -0.2) is 4.98 Å². The zero-order valence-electron chi connectivity index (χ0n) is 9.49. The standard InChI is InChI=1S/C12H15ClN2O2/c13-9-3-5-11(14-8-9)15-12(16)6-4-10-2-1-7-17-10/h3,5,8,10H,1-2,4,6-7H2,(H,14,15,16)/t10-/m0/s1. The highest BCUT2D eigenvalue weighted by Crippen LogP contribution is 2.17. The Morgan fingerprint density at radius 2 is 2.47 bits per heavy atom. The highest BCUT2D eigenvalue weighted by molar-refractivity contribution is 6.30. The summed E-state index contributed by atoms with van der Waals surface area (Å²) >= 11 is 5.70. The van der Waals surface area contributed by atoms with Crippen molar-refractivity contribution < 1.29 is 9.53 Å². The van der Waals surface area contributed by atoms with Gasteiger partial charge in [-0.2, -0.15) is 0 Å². The van der Waals surface area contributed by atoms with Crippen molar-refractivity contribution in [2.45, 2.75) is 31.8 Å². The van der Waals surface area contributed by atoms with Gasteiger partial charge in [-0.1, -0.05) is 11.6 Å². The first-order chi connectivity index (χ1) is 8.24. The minimum Gasteiger partial charge on any atom is -0.378 e.